The number of Topliss-reactive ketones (excluding diaryl/α,β-unsaturated/α-hetero) is 1. The zero-order valence-corrected chi connectivity index (χ0v) is 33.1. The van der Waals surface area contributed by atoms with E-state index in [0.29, 0.717) is 6.07 Å². The number of amides is 3. The van der Waals surface area contributed by atoms with Crippen molar-refractivity contribution in [3.63, 3.8) is 0 Å². The number of nitrogens with zero attached hydrogens (tertiary/aromatic N) is 4. The van der Waals surface area contributed by atoms with Crippen LogP contribution >= 0.6 is 15.2 Å². The van der Waals surface area contributed by atoms with Crippen molar-refractivity contribution in [2.45, 2.75) is 44.7 Å². The minimum Gasteiger partial charge on any atom is -0.481 e. The summed E-state index contributed by atoms with van der Waals surface area (Å²) in [6.45, 7) is 3.94. The zero-order chi connectivity index (χ0) is 43.5. The molecule has 1 saturated carbocycles. The Morgan fingerprint density at radius 1 is 0.881 bits per heavy atom. The molecule has 0 radical (unpaired) electrons. The van der Waals surface area contributed by atoms with E-state index in [1.165, 1.54) is 36.1 Å². The predicted octanol–water partition coefficient (Wildman–Crippen LogP) is 3.38. The van der Waals surface area contributed by atoms with E-state index in [2.05, 4.69) is 10.3 Å². The van der Waals surface area contributed by atoms with Gasteiger partial charge in [-0.3, -0.25) is 38.5 Å². The molecule has 3 amide bonds. The number of anilines is 3. The lowest BCUT2D eigenvalue weighted by molar-refractivity contribution is -0.140. The number of carboxylic acids is 1. The summed E-state index contributed by atoms with van der Waals surface area (Å²) in [4.78, 5) is 111. The number of ketones is 1. The molecular weight excluding hydrogens is 829 g/mol. The number of hydrogen-bond donors (Lipinski definition) is 6. The number of benzene rings is 2. The third-order valence-corrected chi connectivity index (χ3v) is 14.2. The lowest BCUT2D eigenvalue weighted by Crippen LogP contribution is -2.53. The SMILES string of the molecule is CC(C)C(=O)NC(=O)[C@H](C)N(C(=O)Oc1ccc(CC(P(=O)(O)O)P(=O)(O)O)cc1)[C@H]1[C@@H]2CN(c3nc4c(cc3F)C(=O)C(C(=O)O)CN4c3ccc(F)cc3F)C[C@@H]21. The summed E-state index contributed by atoms with van der Waals surface area (Å²) in [5.74, 6) is -10.8. The summed E-state index contributed by atoms with van der Waals surface area (Å²) >= 11 is 0. The smallest absolute Gasteiger partial charge is 0.416 e. The van der Waals surface area contributed by atoms with Crippen LogP contribution in [0.15, 0.2) is 48.5 Å². The van der Waals surface area contributed by atoms with E-state index in [4.69, 9.17) is 4.74 Å². The third-order valence-electron chi connectivity index (χ3n) is 10.5. The van der Waals surface area contributed by atoms with Crippen LogP contribution in [0.5, 0.6) is 5.75 Å². The molecule has 1 unspecified atom stereocenters. The number of ether oxygens (including phenoxy) is 1. The molecule has 3 aliphatic rings. The van der Waals surface area contributed by atoms with Crippen LogP contribution in [0.3, 0.4) is 0 Å². The Hall–Kier alpha value is -5.17. The van der Waals surface area contributed by atoms with Gasteiger partial charge in [-0.25, -0.2) is 22.9 Å². The van der Waals surface area contributed by atoms with Crippen LogP contribution in [0.25, 0.3) is 0 Å². The zero-order valence-electron chi connectivity index (χ0n) is 31.3. The predicted molar refractivity (Wildman–Crippen MR) is 199 cm³/mol. The standard InChI is InChI=1S/C36H38F3N5O13P2/c1-16(2)33(46)41-34(47)17(3)44(36(50)57-20-7-4-18(5-8-20)10-28(58(51,52)53)59(54,55)56)29-22-13-42(14-23(22)29)32-26(39)12-21-30(45)24(35(48)49)15-43(31(21)40-32)27-9-6-19(37)11-25(27)38/h4-9,11-12,16-17,22-24,28-29H,10,13-15H2,1-3H3,(H,48,49)(H,41,46,47)(H2,51,52,53)(H2,54,55,56)/t17-,22-,23+,24?,29+/m0/s1. The van der Waals surface area contributed by atoms with Gasteiger partial charge < -0.3 is 39.2 Å². The molecule has 59 heavy (non-hydrogen) atoms. The van der Waals surface area contributed by atoms with Crippen LogP contribution in [0.1, 0.15) is 36.7 Å². The van der Waals surface area contributed by atoms with E-state index in [1.807, 2.05) is 0 Å². The van der Waals surface area contributed by atoms with Crippen molar-refractivity contribution in [1.29, 1.82) is 0 Å². The van der Waals surface area contributed by atoms with Crippen LogP contribution in [0.4, 0.5) is 35.3 Å². The van der Waals surface area contributed by atoms with Gasteiger partial charge >= 0.3 is 27.3 Å². The number of carbonyl (C=O) groups is 5. The highest BCUT2D eigenvalue weighted by molar-refractivity contribution is 7.70. The Labute approximate surface area is 333 Å². The maximum absolute atomic E-state index is 15.8. The van der Waals surface area contributed by atoms with E-state index >= 15 is 8.78 Å². The molecule has 5 atom stereocenters. The van der Waals surface area contributed by atoms with Crippen LogP contribution in [0, 0.1) is 41.1 Å². The number of imide groups is 1. The van der Waals surface area contributed by atoms with Crippen LogP contribution < -0.4 is 19.9 Å². The number of nitrogens with one attached hydrogen (secondary N) is 1. The molecule has 3 aromatic rings. The molecule has 18 nitrogen and oxygen atoms in total. The van der Waals surface area contributed by atoms with Gasteiger partial charge in [0.25, 0.3) is 0 Å². The molecule has 1 aromatic heterocycles. The number of piperidine rings is 1. The second kappa shape index (κ2) is 16.1. The molecular formula is C36H38F3N5O13P2. The normalized spacial score (nSPS) is 20.6. The number of rotatable bonds is 12. The number of pyridine rings is 1. The fourth-order valence-electron chi connectivity index (χ4n) is 7.33. The third kappa shape index (κ3) is 8.90. The van der Waals surface area contributed by atoms with Gasteiger partial charge in [0.05, 0.1) is 11.3 Å². The topological polar surface area (TPSA) is 265 Å². The number of aromatic nitrogens is 1. The minimum atomic E-state index is -5.23. The Morgan fingerprint density at radius 3 is 2.03 bits per heavy atom. The molecule has 3 heterocycles. The lowest BCUT2D eigenvalue weighted by Gasteiger charge is -2.34. The Balaban J connectivity index is 1.24. The highest BCUT2D eigenvalue weighted by Gasteiger charge is 2.62. The molecule has 2 aliphatic heterocycles. The first-order chi connectivity index (χ1) is 27.5. The summed E-state index contributed by atoms with van der Waals surface area (Å²) < 4.78 is 73.7. The number of halogens is 3. The molecule has 316 valence electrons. The van der Waals surface area contributed by atoms with Crippen molar-refractivity contribution < 1.29 is 75.7 Å². The van der Waals surface area contributed by atoms with Crippen molar-refractivity contribution in [3.8, 4) is 5.75 Å². The fraction of sp³-hybridized carbons (Fsp3) is 0.389. The number of carboxylic acid groups (broad SMARTS) is 1. The molecule has 6 rings (SSSR count). The van der Waals surface area contributed by atoms with Gasteiger partial charge in [-0.1, -0.05) is 26.0 Å². The average molecular weight is 868 g/mol. The van der Waals surface area contributed by atoms with Crippen molar-refractivity contribution >= 4 is 62.2 Å². The molecule has 0 spiro atoms. The van der Waals surface area contributed by atoms with E-state index < -0.39 is 122 Å². The first-order valence-corrected chi connectivity index (χ1v) is 21.3. The lowest BCUT2D eigenvalue weighted by atomic mass is 9.92. The number of aliphatic carboxylic acids is 1. The molecule has 6 N–H and O–H groups in total. The summed E-state index contributed by atoms with van der Waals surface area (Å²) in [5.41, 5.74) is -0.647. The second-order valence-corrected chi connectivity index (χ2v) is 18.8. The molecule has 1 saturated heterocycles. The van der Waals surface area contributed by atoms with Gasteiger partial charge in [-0.2, -0.15) is 0 Å². The van der Waals surface area contributed by atoms with E-state index in [9.17, 15) is 62.2 Å². The molecule has 2 aromatic carbocycles. The molecule has 23 heteroatoms. The molecule has 1 aliphatic carbocycles. The summed E-state index contributed by atoms with van der Waals surface area (Å²) in [6, 6.07) is 6.19. The van der Waals surface area contributed by atoms with E-state index in [-0.39, 0.29) is 41.7 Å². The highest BCUT2D eigenvalue weighted by atomic mass is 31.2. The quantitative estimate of drug-likeness (QED) is 0.113. The number of hydrogen-bond acceptors (Lipinski definition) is 11. The van der Waals surface area contributed by atoms with Gasteiger partial charge in [-0.15, -0.1) is 0 Å². The maximum Gasteiger partial charge on any atom is 0.416 e. The van der Waals surface area contributed by atoms with Crippen molar-refractivity contribution in [2.75, 3.05) is 29.4 Å². The van der Waals surface area contributed by atoms with Gasteiger partial charge in [0, 0.05) is 49.5 Å². The largest absolute Gasteiger partial charge is 0.481 e. The fourth-order valence-corrected chi connectivity index (χ4v) is 9.79. The number of carbonyl (C=O) groups excluding carboxylic acids is 4. The van der Waals surface area contributed by atoms with Gasteiger partial charge in [0.15, 0.2) is 22.8 Å². The highest BCUT2D eigenvalue weighted by Crippen LogP contribution is 2.61. The van der Waals surface area contributed by atoms with E-state index in [1.54, 1.807) is 13.8 Å². The molecule has 2 fully saturated rings. The Bertz CT molecular complexity index is 2290. The Kier molecular flexibility index (Phi) is 11.9. The van der Waals surface area contributed by atoms with Crippen molar-refractivity contribution in [2.24, 2.45) is 23.7 Å². The second-order valence-electron chi connectivity index (χ2n) is 14.8. The minimum absolute atomic E-state index is 0.0344. The van der Waals surface area contributed by atoms with Crippen molar-refractivity contribution in [3.05, 3.63) is 77.1 Å². The van der Waals surface area contributed by atoms with Gasteiger partial charge in [-0.05, 0) is 49.2 Å². The van der Waals surface area contributed by atoms with E-state index in [0.717, 1.165) is 28.0 Å². The monoisotopic (exact) mass is 867 g/mol. The average Bonchev–Trinajstić information content (AvgIpc) is 3.59. The summed E-state index contributed by atoms with van der Waals surface area (Å²) in [7, 11) is -10.5. The van der Waals surface area contributed by atoms with Crippen molar-refractivity contribution in [1.82, 2.24) is 15.2 Å². The summed E-state index contributed by atoms with van der Waals surface area (Å²) in [5, 5.41) is 9.65. The molecule has 0 bridgehead atoms. The van der Waals surface area contributed by atoms with Gasteiger partial charge in [0.2, 0.25) is 11.8 Å². The maximum atomic E-state index is 15.8. The Morgan fingerprint density at radius 2 is 1.49 bits per heavy atom. The van der Waals surface area contributed by atoms with Crippen LogP contribution in [0.2, 0.25) is 0 Å². The van der Waals surface area contributed by atoms with Crippen LogP contribution in [-0.2, 0) is 29.9 Å². The first-order valence-electron chi connectivity index (χ1n) is 18.0. The van der Waals surface area contributed by atoms with Gasteiger partial charge in [0.1, 0.15) is 35.2 Å². The summed E-state index contributed by atoms with van der Waals surface area (Å²) in [6.07, 6.45) is -1.76. The first kappa shape index (κ1) is 43.4. The van der Waals surface area contributed by atoms with Crippen LogP contribution in [-0.4, -0.2) is 101 Å². The number of fused-ring (bicyclic) bond motifs is 2.